The Labute approximate surface area is 383 Å². The summed E-state index contributed by atoms with van der Waals surface area (Å²) in [5, 5.41) is 23.8. The Bertz CT molecular complexity index is 1150. The third-order valence-corrected chi connectivity index (χ3v) is 11.6. The molecule has 0 saturated heterocycles. The normalized spacial score (nSPS) is 13.8. The molecule has 0 saturated carbocycles. The minimum atomic E-state index is -0.799. The molecule has 0 aliphatic heterocycles. The van der Waals surface area contributed by atoms with Crippen LogP contribution >= 0.6 is 0 Å². The van der Waals surface area contributed by atoms with Gasteiger partial charge in [0.2, 0.25) is 5.91 Å². The average Bonchev–Trinajstić information content (AvgIpc) is 3.26. The van der Waals surface area contributed by atoms with Crippen LogP contribution in [0, 0.1) is 0 Å². The van der Waals surface area contributed by atoms with Crippen LogP contribution in [0.2, 0.25) is 0 Å². The van der Waals surface area contributed by atoms with Gasteiger partial charge in [-0.05, 0) is 70.6 Å². The molecule has 0 spiro atoms. The molecule has 6 heteroatoms. The number of esters is 1. The number of carbonyl (C=O) groups excluding carboxylic acids is 2. The summed E-state index contributed by atoms with van der Waals surface area (Å²) in [6.45, 7) is 6.24. The van der Waals surface area contributed by atoms with Gasteiger partial charge in [-0.25, -0.2) is 0 Å². The highest BCUT2D eigenvalue weighted by Crippen LogP contribution is 2.18. The molecule has 6 nitrogen and oxygen atoms in total. The molecule has 0 heterocycles. The lowest BCUT2D eigenvalue weighted by atomic mass is 10.0. The Morgan fingerprint density at radius 2 is 0.952 bits per heavy atom. The molecule has 0 aliphatic rings. The Morgan fingerprint density at radius 3 is 1.50 bits per heavy atom. The van der Waals surface area contributed by atoms with Gasteiger partial charge in [0.25, 0.3) is 0 Å². The van der Waals surface area contributed by atoms with Crippen LogP contribution in [0.15, 0.2) is 72.9 Å². The Morgan fingerprint density at radius 1 is 0.500 bits per heavy atom. The van der Waals surface area contributed by atoms with E-state index in [4.69, 9.17) is 4.74 Å². The van der Waals surface area contributed by atoms with E-state index in [0.29, 0.717) is 19.3 Å². The van der Waals surface area contributed by atoms with E-state index >= 15 is 0 Å². The lowest BCUT2D eigenvalue weighted by Gasteiger charge is -2.24. The lowest BCUT2D eigenvalue weighted by Crippen LogP contribution is -2.46. The van der Waals surface area contributed by atoms with Crippen LogP contribution in [0.5, 0.6) is 0 Å². The van der Waals surface area contributed by atoms with Gasteiger partial charge in [0.1, 0.15) is 6.10 Å². The predicted octanol–water partition coefficient (Wildman–Crippen LogP) is 15.8. The van der Waals surface area contributed by atoms with Crippen molar-refractivity contribution in [3.8, 4) is 0 Å². The first-order chi connectivity index (χ1) is 30.5. The highest BCUT2D eigenvalue weighted by Gasteiger charge is 2.24. The van der Waals surface area contributed by atoms with Gasteiger partial charge < -0.3 is 20.3 Å². The monoisotopic (exact) mass is 866 g/mol. The number of hydrogen-bond donors (Lipinski definition) is 3. The van der Waals surface area contributed by atoms with Crippen LogP contribution in [-0.4, -0.2) is 46.9 Å². The van der Waals surface area contributed by atoms with Crippen molar-refractivity contribution in [3.63, 3.8) is 0 Å². The molecule has 62 heavy (non-hydrogen) atoms. The number of amides is 1. The van der Waals surface area contributed by atoms with Gasteiger partial charge in [-0.3, -0.25) is 9.59 Å². The molecule has 0 aromatic heterocycles. The van der Waals surface area contributed by atoms with E-state index < -0.39 is 18.2 Å². The molecule has 1 amide bonds. The number of nitrogens with one attached hydrogen (secondary N) is 1. The summed E-state index contributed by atoms with van der Waals surface area (Å²) < 4.78 is 5.92. The molecule has 0 rings (SSSR count). The van der Waals surface area contributed by atoms with E-state index in [0.717, 1.165) is 109 Å². The first-order valence-corrected chi connectivity index (χ1v) is 26.2. The van der Waals surface area contributed by atoms with Crippen molar-refractivity contribution >= 4 is 11.9 Å². The SMILES string of the molecule is CC/C=C/C=C/C=C/C=C\CCCCCCCC(=O)OC(CCCCCCC/C=C/C/C=C/CC)CC(=O)NC(CO)C(O)CCCCCCCCCCCCCCCCCC. The van der Waals surface area contributed by atoms with Crippen LogP contribution in [-0.2, 0) is 14.3 Å². The van der Waals surface area contributed by atoms with Gasteiger partial charge in [0, 0.05) is 6.42 Å². The number of hydrogen-bond acceptors (Lipinski definition) is 5. The van der Waals surface area contributed by atoms with Crippen molar-refractivity contribution in [1.29, 1.82) is 0 Å². The van der Waals surface area contributed by atoms with Gasteiger partial charge in [-0.15, -0.1) is 0 Å². The van der Waals surface area contributed by atoms with Crippen molar-refractivity contribution in [2.75, 3.05) is 6.61 Å². The molecule has 358 valence electrons. The molecule has 0 aromatic rings. The fourth-order valence-corrected chi connectivity index (χ4v) is 7.71. The summed E-state index contributed by atoms with van der Waals surface area (Å²) in [6, 6.07) is -0.714. The Hall–Kier alpha value is -2.70. The van der Waals surface area contributed by atoms with Gasteiger partial charge >= 0.3 is 5.97 Å². The molecular formula is C56H99NO5. The first kappa shape index (κ1) is 59.3. The van der Waals surface area contributed by atoms with Crippen molar-refractivity contribution in [2.24, 2.45) is 0 Å². The summed E-state index contributed by atoms with van der Waals surface area (Å²) in [7, 11) is 0. The van der Waals surface area contributed by atoms with Crippen molar-refractivity contribution < 1.29 is 24.5 Å². The number of allylic oxidation sites excluding steroid dienone is 12. The maximum Gasteiger partial charge on any atom is 0.306 e. The second-order valence-corrected chi connectivity index (χ2v) is 17.6. The van der Waals surface area contributed by atoms with E-state index in [-0.39, 0.29) is 24.9 Å². The number of unbranched alkanes of at least 4 members (excludes halogenated alkanes) is 25. The number of aliphatic hydroxyl groups is 2. The van der Waals surface area contributed by atoms with Crippen molar-refractivity contribution in [2.45, 2.75) is 264 Å². The molecule has 0 radical (unpaired) electrons. The molecule has 0 fully saturated rings. The highest BCUT2D eigenvalue weighted by molar-refractivity contribution is 5.77. The average molecular weight is 866 g/mol. The maximum absolute atomic E-state index is 13.2. The molecule has 3 N–H and O–H groups in total. The zero-order chi connectivity index (χ0) is 45.2. The van der Waals surface area contributed by atoms with Crippen LogP contribution in [0.25, 0.3) is 0 Å². The summed E-state index contributed by atoms with van der Waals surface area (Å²) >= 11 is 0. The minimum absolute atomic E-state index is 0.0557. The summed E-state index contributed by atoms with van der Waals surface area (Å²) in [4.78, 5) is 26.1. The van der Waals surface area contributed by atoms with Crippen LogP contribution in [0.3, 0.4) is 0 Å². The first-order valence-electron chi connectivity index (χ1n) is 26.2. The fourth-order valence-electron chi connectivity index (χ4n) is 7.71. The topological polar surface area (TPSA) is 95.9 Å². The molecule has 0 bridgehead atoms. The zero-order valence-corrected chi connectivity index (χ0v) is 40.7. The number of ether oxygens (including phenoxy) is 1. The third-order valence-electron chi connectivity index (χ3n) is 11.6. The van der Waals surface area contributed by atoms with Gasteiger partial charge in [0.15, 0.2) is 0 Å². The summed E-state index contributed by atoms with van der Waals surface area (Å²) in [6.07, 6.45) is 62.5. The quantitative estimate of drug-likeness (QED) is 0.0245. The van der Waals surface area contributed by atoms with E-state index in [2.05, 4.69) is 80.8 Å². The van der Waals surface area contributed by atoms with E-state index in [1.54, 1.807) is 0 Å². The number of carbonyl (C=O) groups is 2. The standard InChI is InChI=1S/C56H99NO5/c1-4-7-10-13-16-19-22-25-27-29-30-33-36-39-42-45-48-54(59)53(51-58)57-55(60)50-52(47-44-41-38-35-32-24-21-18-15-12-9-6-3)62-56(61)49-46-43-40-37-34-31-28-26-23-20-17-14-11-8-5-2/h8-9,11-12,14,17-18,20-21,23,26,28,52-54,58-59H,4-7,10,13,15-16,19,22,24-25,27,29-51H2,1-3H3,(H,57,60)/b11-8+,12-9+,17-14+,21-18+,23-20+,28-26-. The second-order valence-electron chi connectivity index (χ2n) is 17.6. The van der Waals surface area contributed by atoms with Gasteiger partial charge in [-0.2, -0.15) is 0 Å². The van der Waals surface area contributed by atoms with Crippen molar-refractivity contribution in [3.05, 3.63) is 72.9 Å². The zero-order valence-electron chi connectivity index (χ0n) is 40.7. The van der Waals surface area contributed by atoms with Crippen LogP contribution < -0.4 is 5.32 Å². The molecule has 3 unspecified atom stereocenters. The predicted molar refractivity (Wildman–Crippen MR) is 268 cm³/mol. The fraction of sp³-hybridized carbons (Fsp3) is 0.750. The lowest BCUT2D eigenvalue weighted by molar-refractivity contribution is -0.151. The molecular weight excluding hydrogens is 767 g/mol. The number of rotatable bonds is 46. The van der Waals surface area contributed by atoms with E-state index in [1.807, 2.05) is 18.2 Å². The Kier molecular flexibility index (Phi) is 47.2. The molecule has 0 aromatic carbocycles. The largest absolute Gasteiger partial charge is 0.462 e. The smallest absolute Gasteiger partial charge is 0.306 e. The third kappa shape index (κ3) is 43.9. The highest BCUT2D eigenvalue weighted by atomic mass is 16.5. The van der Waals surface area contributed by atoms with E-state index in [9.17, 15) is 19.8 Å². The second kappa shape index (κ2) is 49.3. The van der Waals surface area contributed by atoms with Gasteiger partial charge in [0.05, 0.1) is 25.2 Å². The summed E-state index contributed by atoms with van der Waals surface area (Å²) in [5.74, 6) is -0.516. The van der Waals surface area contributed by atoms with E-state index in [1.165, 1.54) is 89.9 Å². The molecule has 0 aliphatic carbocycles. The van der Waals surface area contributed by atoms with Crippen LogP contribution in [0.4, 0.5) is 0 Å². The molecule has 3 atom stereocenters. The van der Waals surface area contributed by atoms with Crippen LogP contribution in [0.1, 0.15) is 245 Å². The van der Waals surface area contributed by atoms with Gasteiger partial charge in [-0.1, -0.05) is 235 Å². The summed E-state index contributed by atoms with van der Waals surface area (Å²) in [5.41, 5.74) is 0. The Balaban J connectivity index is 4.57. The maximum atomic E-state index is 13.2. The minimum Gasteiger partial charge on any atom is -0.462 e. The van der Waals surface area contributed by atoms with Crippen molar-refractivity contribution in [1.82, 2.24) is 5.32 Å². The number of aliphatic hydroxyl groups excluding tert-OH is 2.